The van der Waals surface area contributed by atoms with Crippen molar-refractivity contribution in [2.75, 3.05) is 0 Å². The van der Waals surface area contributed by atoms with Crippen LogP contribution in [0.1, 0.15) is 26.7 Å². The summed E-state index contributed by atoms with van der Waals surface area (Å²) >= 11 is 0. The van der Waals surface area contributed by atoms with Crippen molar-refractivity contribution in [1.82, 2.24) is 0 Å². The maximum atomic E-state index is 8.52. The molecule has 0 saturated heterocycles. The van der Waals surface area contributed by atoms with E-state index in [1.54, 1.807) is 0 Å². The number of hydrogen-bond acceptors (Lipinski definition) is 1. The summed E-state index contributed by atoms with van der Waals surface area (Å²) in [6, 6.07) is 2.32. The molecular formula is C7H11N. The summed E-state index contributed by atoms with van der Waals surface area (Å²) in [5, 5.41) is 8.52. The zero-order valence-electron chi connectivity index (χ0n) is 5.44. The van der Waals surface area contributed by atoms with Crippen LogP contribution in [0.4, 0.5) is 0 Å². The lowest BCUT2D eigenvalue weighted by Crippen LogP contribution is -1.90. The van der Waals surface area contributed by atoms with Crippen LogP contribution < -0.4 is 0 Å². The normalized spacial score (nSPS) is 43.4. The Labute approximate surface area is 50.3 Å². The largest absolute Gasteiger partial charge is 0.198 e. The summed E-state index contributed by atoms with van der Waals surface area (Å²) in [7, 11) is 0. The Bertz CT molecular complexity index is 134. The average molecular weight is 109 g/mol. The lowest BCUT2D eigenvalue weighted by molar-refractivity contribution is 0.624. The second-order valence-corrected chi connectivity index (χ2v) is 2.84. The fourth-order valence-electron chi connectivity index (χ4n) is 1.18. The number of rotatable bonds is 1. The Hall–Kier alpha value is -0.510. The third kappa shape index (κ3) is 0.608. The smallest absolute Gasteiger partial charge is 0.0689 e. The van der Waals surface area contributed by atoms with Gasteiger partial charge < -0.3 is 0 Å². The first-order valence-corrected chi connectivity index (χ1v) is 3.14. The van der Waals surface area contributed by atoms with Crippen LogP contribution in [-0.4, -0.2) is 0 Å². The highest BCUT2D eigenvalue weighted by atomic mass is 14.5. The highest BCUT2D eigenvalue weighted by Crippen LogP contribution is 2.53. The molecule has 1 fully saturated rings. The van der Waals surface area contributed by atoms with Crippen LogP contribution in [0.25, 0.3) is 0 Å². The van der Waals surface area contributed by atoms with Gasteiger partial charge in [-0.25, -0.2) is 0 Å². The van der Waals surface area contributed by atoms with E-state index in [-0.39, 0.29) is 5.41 Å². The first-order valence-electron chi connectivity index (χ1n) is 3.14. The molecule has 0 radical (unpaired) electrons. The van der Waals surface area contributed by atoms with Crippen LogP contribution in [0, 0.1) is 22.7 Å². The minimum atomic E-state index is 0.0642. The molecule has 1 nitrogen and oxygen atoms in total. The van der Waals surface area contributed by atoms with Crippen molar-refractivity contribution in [3.05, 3.63) is 0 Å². The van der Waals surface area contributed by atoms with Gasteiger partial charge in [0.25, 0.3) is 0 Å². The topological polar surface area (TPSA) is 23.8 Å². The van der Waals surface area contributed by atoms with Gasteiger partial charge >= 0.3 is 0 Å². The predicted molar refractivity (Wildman–Crippen MR) is 32.1 cm³/mol. The van der Waals surface area contributed by atoms with Crippen molar-refractivity contribution in [3.63, 3.8) is 0 Å². The molecule has 2 atom stereocenters. The molecule has 1 heteroatoms. The third-order valence-corrected chi connectivity index (χ3v) is 2.16. The van der Waals surface area contributed by atoms with Gasteiger partial charge in [0.1, 0.15) is 0 Å². The molecular weight excluding hydrogens is 98.1 g/mol. The van der Waals surface area contributed by atoms with Crippen molar-refractivity contribution in [2.45, 2.75) is 26.7 Å². The van der Waals surface area contributed by atoms with E-state index >= 15 is 0 Å². The monoisotopic (exact) mass is 109 g/mol. The lowest BCUT2D eigenvalue weighted by atomic mass is 10.1. The van der Waals surface area contributed by atoms with Gasteiger partial charge in [0.05, 0.1) is 11.5 Å². The van der Waals surface area contributed by atoms with Crippen LogP contribution in [0.2, 0.25) is 0 Å². The summed E-state index contributed by atoms with van der Waals surface area (Å²) in [5.41, 5.74) is 0.0642. The Morgan fingerprint density at radius 3 is 2.62 bits per heavy atom. The Morgan fingerprint density at radius 1 is 1.88 bits per heavy atom. The quantitative estimate of drug-likeness (QED) is 0.505. The molecule has 0 heterocycles. The fraction of sp³-hybridized carbons (Fsp3) is 0.857. The first kappa shape index (κ1) is 5.62. The van der Waals surface area contributed by atoms with Crippen LogP contribution in [0.15, 0.2) is 0 Å². The fourth-order valence-corrected chi connectivity index (χ4v) is 1.18. The maximum Gasteiger partial charge on any atom is 0.0689 e. The molecule has 1 rings (SSSR count). The zero-order chi connectivity index (χ0) is 6.20. The Balaban J connectivity index is 2.46. The van der Waals surface area contributed by atoms with Gasteiger partial charge in [0.15, 0.2) is 0 Å². The minimum absolute atomic E-state index is 0.0642. The van der Waals surface area contributed by atoms with Crippen molar-refractivity contribution in [1.29, 1.82) is 5.26 Å². The standard InChI is InChI=1S/C7H11N/c1-3-6-4-7(6,2)5-8/h6H,3-4H2,1-2H3/t6-,7+/m1/s1. The van der Waals surface area contributed by atoms with E-state index in [0.29, 0.717) is 5.92 Å². The number of hydrogen-bond donors (Lipinski definition) is 0. The van der Waals surface area contributed by atoms with Crippen molar-refractivity contribution in [2.24, 2.45) is 11.3 Å². The van der Waals surface area contributed by atoms with Crippen LogP contribution >= 0.6 is 0 Å². The molecule has 1 saturated carbocycles. The number of nitrogens with zero attached hydrogens (tertiary/aromatic N) is 1. The van der Waals surface area contributed by atoms with Gasteiger partial charge in [-0.15, -0.1) is 0 Å². The summed E-state index contributed by atoms with van der Waals surface area (Å²) in [6.45, 7) is 4.19. The van der Waals surface area contributed by atoms with Gasteiger partial charge in [-0.2, -0.15) is 5.26 Å². The molecule has 0 aromatic carbocycles. The summed E-state index contributed by atoms with van der Waals surface area (Å²) in [4.78, 5) is 0. The van der Waals surface area contributed by atoms with Crippen molar-refractivity contribution in [3.8, 4) is 6.07 Å². The van der Waals surface area contributed by atoms with E-state index < -0.39 is 0 Å². The van der Waals surface area contributed by atoms with E-state index in [1.165, 1.54) is 6.42 Å². The predicted octanol–water partition coefficient (Wildman–Crippen LogP) is 1.95. The molecule has 8 heavy (non-hydrogen) atoms. The summed E-state index contributed by atoms with van der Waals surface area (Å²) in [5.74, 6) is 0.701. The molecule has 0 bridgehead atoms. The van der Waals surface area contributed by atoms with Crippen molar-refractivity contribution >= 4 is 0 Å². The zero-order valence-corrected chi connectivity index (χ0v) is 5.44. The van der Waals surface area contributed by atoms with Gasteiger partial charge in [-0.3, -0.25) is 0 Å². The molecule has 0 aliphatic heterocycles. The van der Waals surface area contributed by atoms with E-state index in [2.05, 4.69) is 13.0 Å². The Kier molecular flexibility index (Phi) is 1.04. The molecule has 0 amide bonds. The summed E-state index contributed by atoms with van der Waals surface area (Å²) in [6.07, 6.45) is 2.30. The van der Waals surface area contributed by atoms with Gasteiger partial charge in [-0.05, 0) is 19.3 Å². The SMILES string of the molecule is CC[C@@H]1C[C@@]1(C)C#N. The van der Waals surface area contributed by atoms with Crippen LogP contribution in [-0.2, 0) is 0 Å². The average Bonchev–Trinajstić information content (AvgIpc) is 2.44. The molecule has 44 valence electrons. The molecule has 0 aromatic heterocycles. The Morgan fingerprint density at radius 2 is 2.50 bits per heavy atom. The first-order chi connectivity index (χ1) is 3.73. The maximum absolute atomic E-state index is 8.52. The molecule has 0 N–H and O–H groups in total. The third-order valence-electron chi connectivity index (χ3n) is 2.16. The van der Waals surface area contributed by atoms with E-state index in [9.17, 15) is 0 Å². The molecule has 0 spiro atoms. The van der Waals surface area contributed by atoms with Crippen LogP contribution in [0.3, 0.4) is 0 Å². The second kappa shape index (κ2) is 1.48. The second-order valence-electron chi connectivity index (χ2n) is 2.84. The molecule has 0 aromatic rings. The molecule has 0 unspecified atom stereocenters. The van der Waals surface area contributed by atoms with E-state index in [0.717, 1.165) is 6.42 Å². The molecule has 1 aliphatic rings. The lowest BCUT2D eigenvalue weighted by Gasteiger charge is -1.92. The minimum Gasteiger partial charge on any atom is -0.198 e. The highest BCUT2D eigenvalue weighted by Gasteiger charge is 2.48. The van der Waals surface area contributed by atoms with Gasteiger partial charge in [0, 0.05) is 0 Å². The molecule has 1 aliphatic carbocycles. The van der Waals surface area contributed by atoms with Gasteiger partial charge in [-0.1, -0.05) is 13.3 Å². The van der Waals surface area contributed by atoms with E-state index in [4.69, 9.17) is 5.26 Å². The van der Waals surface area contributed by atoms with Gasteiger partial charge in [0.2, 0.25) is 0 Å². The summed E-state index contributed by atoms with van der Waals surface area (Å²) < 4.78 is 0. The van der Waals surface area contributed by atoms with Crippen molar-refractivity contribution < 1.29 is 0 Å². The highest BCUT2D eigenvalue weighted by molar-refractivity contribution is 5.12. The van der Waals surface area contributed by atoms with E-state index in [1.807, 2.05) is 6.92 Å². The number of nitriles is 1. The van der Waals surface area contributed by atoms with Crippen LogP contribution in [0.5, 0.6) is 0 Å².